The summed E-state index contributed by atoms with van der Waals surface area (Å²) in [4.78, 5) is 8.31. The van der Waals surface area contributed by atoms with Crippen LogP contribution in [0.4, 0.5) is 13.3 Å². The summed E-state index contributed by atoms with van der Waals surface area (Å²) in [6.07, 6.45) is 6.00. The van der Waals surface area contributed by atoms with Crippen LogP contribution >= 0.6 is 0 Å². The molecule has 0 aromatic carbocycles. The highest BCUT2D eigenvalue weighted by Crippen LogP contribution is 2.11. The zero-order chi connectivity index (χ0) is 22.7. The van der Waals surface area contributed by atoms with Crippen molar-refractivity contribution in [2.45, 2.75) is 66.1 Å². The van der Waals surface area contributed by atoms with E-state index in [2.05, 4.69) is 9.97 Å². The van der Waals surface area contributed by atoms with Crippen LogP contribution in [0.25, 0.3) is 0 Å². The maximum Gasteiger partial charge on any atom is 0.128 e. The quantitative estimate of drug-likeness (QED) is 0.329. The summed E-state index contributed by atoms with van der Waals surface area (Å²) >= 11 is 0. The van der Waals surface area contributed by atoms with Gasteiger partial charge in [0, 0.05) is 32.7 Å². The summed E-state index contributed by atoms with van der Waals surface area (Å²) in [7, 11) is 1.00. The van der Waals surface area contributed by atoms with E-state index in [1.54, 1.807) is 12.3 Å². The van der Waals surface area contributed by atoms with Crippen molar-refractivity contribution < 1.29 is 18.4 Å². The zero-order valence-corrected chi connectivity index (χ0v) is 18.3. The van der Waals surface area contributed by atoms with Crippen molar-refractivity contribution in [1.29, 1.82) is 0 Å². The molecule has 0 bridgehead atoms. The van der Waals surface area contributed by atoms with E-state index in [0.717, 1.165) is 54.7 Å². The van der Waals surface area contributed by atoms with Gasteiger partial charge in [-0.15, -0.1) is 9.60 Å². The molecule has 1 atom stereocenters. The highest BCUT2D eigenvalue weighted by molar-refractivity contribution is 5.04. The Labute approximate surface area is 173 Å². The molecule has 0 aliphatic rings. The Bertz CT molecular complexity index is 579. The molecule has 1 aromatic rings. The molecule has 168 valence electrons. The number of allylic oxidation sites excluding steroid dienone is 4. The lowest BCUT2D eigenvalue weighted by molar-refractivity contribution is 0.0130. The first-order valence-electron chi connectivity index (χ1n) is 9.78. The van der Waals surface area contributed by atoms with E-state index in [0.29, 0.717) is 13.1 Å². The molecule has 1 heterocycles. The molecular formula is C21H37F3N4O. The number of alkyl halides is 1. The van der Waals surface area contributed by atoms with Gasteiger partial charge >= 0.3 is 0 Å². The van der Waals surface area contributed by atoms with Crippen LogP contribution in [0.3, 0.4) is 0 Å². The average molecular weight is 419 g/mol. The molecular weight excluding hydrogens is 381 g/mol. The molecule has 0 radical (unpaired) electrons. The van der Waals surface area contributed by atoms with Gasteiger partial charge in [-0.05, 0) is 52.3 Å². The molecule has 0 aliphatic carbocycles. The number of rotatable bonds is 10. The normalized spacial score (nSPS) is 12.7. The summed E-state index contributed by atoms with van der Waals surface area (Å²) in [5.74, 6) is 0.300. The van der Waals surface area contributed by atoms with Gasteiger partial charge < -0.3 is 10.8 Å². The van der Waals surface area contributed by atoms with E-state index in [9.17, 15) is 13.3 Å². The van der Waals surface area contributed by atoms with Crippen LogP contribution in [0, 0.1) is 0 Å². The van der Waals surface area contributed by atoms with Crippen molar-refractivity contribution >= 4 is 0 Å². The number of unbranched alkanes of at least 4 members (excludes halogenated alkanes) is 1. The number of hydrogen-bond donors (Lipinski definition) is 2. The molecule has 5 nitrogen and oxygen atoms in total. The number of nitrogens with zero attached hydrogens (tertiary/aromatic N) is 3. The number of aliphatic hydroxyl groups is 1. The lowest BCUT2D eigenvalue weighted by Gasteiger charge is -2.11. The molecule has 0 saturated carbocycles. The molecule has 0 aliphatic heterocycles. The summed E-state index contributed by atoms with van der Waals surface area (Å²) in [5, 5.41) is 7.78. The number of hydrogen-bond acceptors (Lipinski definition) is 5. The van der Waals surface area contributed by atoms with Crippen LogP contribution in [-0.4, -0.2) is 46.6 Å². The van der Waals surface area contributed by atoms with Crippen molar-refractivity contribution in [3.63, 3.8) is 0 Å². The SMILES string of the molecule is C/C=C(/C)CC(F)/C=C(\C)F.CCc1nccc(CN(F)CCCCN)n1.CO. The van der Waals surface area contributed by atoms with E-state index < -0.39 is 12.0 Å². The monoisotopic (exact) mass is 418 g/mol. The minimum Gasteiger partial charge on any atom is -0.400 e. The van der Waals surface area contributed by atoms with Crippen LogP contribution < -0.4 is 5.73 Å². The van der Waals surface area contributed by atoms with Gasteiger partial charge in [0.25, 0.3) is 0 Å². The number of aliphatic hydroxyl groups excluding tert-OH is 1. The number of nitrogens with two attached hydrogens (primary N) is 1. The number of halogens is 3. The first-order chi connectivity index (χ1) is 13.8. The third-order valence-electron chi connectivity index (χ3n) is 3.69. The Hall–Kier alpha value is -1.77. The minimum atomic E-state index is -1.18. The van der Waals surface area contributed by atoms with Crippen LogP contribution in [0.1, 0.15) is 58.5 Å². The van der Waals surface area contributed by atoms with Crippen molar-refractivity contribution in [2.24, 2.45) is 5.73 Å². The molecule has 0 saturated heterocycles. The van der Waals surface area contributed by atoms with E-state index in [1.165, 1.54) is 6.92 Å². The van der Waals surface area contributed by atoms with Crippen LogP contribution in [0.5, 0.6) is 0 Å². The molecule has 3 N–H and O–H groups in total. The average Bonchev–Trinajstić information content (AvgIpc) is 2.69. The highest BCUT2D eigenvalue weighted by Gasteiger charge is 2.06. The molecule has 1 aromatic heterocycles. The second kappa shape index (κ2) is 19.5. The molecule has 1 rings (SSSR count). The Morgan fingerprint density at radius 2 is 1.97 bits per heavy atom. The van der Waals surface area contributed by atoms with Gasteiger partial charge in [-0.3, -0.25) is 0 Å². The van der Waals surface area contributed by atoms with Crippen molar-refractivity contribution in [3.8, 4) is 0 Å². The lowest BCUT2D eigenvalue weighted by Crippen LogP contribution is -2.17. The standard InChI is InChI=1S/C11H19FN4.C9H14F2.CH4O/c1-2-11-14-7-5-10(15-11)9-16(12)8-4-3-6-13;1-4-7(2)5-9(11)6-8(3)10;1-2/h5,7H,2-4,6,8-9,13H2,1H3;4,6,9H,5H2,1-3H3;2H,1H3/b;7-4-,8-6+;. The molecule has 1 unspecified atom stereocenters. The largest absolute Gasteiger partial charge is 0.400 e. The van der Waals surface area contributed by atoms with Gasteiger partial charge in [-0.2, -0.15) is 0 Å². The van der Waals surface area contributed by atoms with E-state index in [4.69, 9.17) is 10.8 Å². The fourth-order valence-electron chi connectivity index (χ4n) is 2.12. The fourth-order valence-corrected chi connectivity index (χ4v) is 2.12. The number of aryl methyl sites for hydroxylation is 1. The summed E-state index contributed by atoms with van der Waals surface area (Å²) < 4.78 is 38.2. The summed E-state index contributed by atoms with van der Waals surface area (Å²) in [5.41, 5.74) is 7.01. The second-order valence-electron chi connectivity index (χ2n) is 6.27. The zero-order valence-electron chi connectivity index (χ0n) is 18.3. The third kappa shape index (κ3) is 18.0. The predicted octanol–water partition coefficient (Wildman–Crippen LogP) is 4.63. The Morgan fingerprint density at radius 1 is 1.31 bits per heavy atom. The molecule has 29 heavy (non-hydrogen) atoms. The van der Waals surface area contributed by atoms with Gasteiger partial charge in [0.05, 0.1) is 18.1 Å². The Kier molecular flexibility index (Phi) is 19.8. The third-order valence-corrected chi connectivity index (χ3v) is 3.69. The first-order valence-corrected chi connectivity index (χ1v) is 9.78. The highest BCUT2D eigenvalue weighted by atomic mass is 19.2. The van der Waals surface area contributed by atoms with Gasteiger partial charge in [0.2, 0.25) is 0 Å². The van der Waals surface area contributed by atoms with Gasteiger partial charge in [0.15, 0.2) is 0 Å². The maximum absolute atomic E-state index is 13.4. The van der Waals surface area contributed by atoms with Crippen molar-refractivity contribution in [1.82, 2.24) is 15.1 Å². The lowest BCUT2D eigenvalue weighted by atomic mass is 10.1. The topological polar surface area (TPSA) is 75.3 Å². The Morgan fingerprint density at radius 3 is 2.48 bits per heavy atom. The second-order valence-corrected chi connectivity index (χ2v) is 6.27. The summed E-state index contributed by atoms with van der Waals surface area (Å²) in [6, 6.07) is 1.74. The van der Waals surface area contributed by atoms with Gasteiger partial charge in [-0.25, -0.2) is 18.7 Å². The predicted molar refractivity (Wildman–Crippen MR) is 113 cm³/mol. The van der Waals surface area contributed by atoms with Gasteiger partial charge in [-0.1, -0.05) is 18.6 Å². The first kappa shape index (κ1) is 29.4. The molecule has 0 spiro atoms. The van der Waals surface area contributed by atoms with Crippen LogP contribution in [0.2, 0.25) is 0 Å². The number of aromatic nitrogens is 2. The molecule has 0 amide bonds. The van der Waals surface area contributed by atoms with E-state index in [1.807, 2.05) is 26.8 Å². The molecule has 0 fully saturated rings. The van der Waals surface area contributed by atoms with E-state index in [-0.39, 0.29) is 13.0 Å². The summed E-state index contributed by atoms with van der Waals surface area (Å²) in [6.45, 7) is 8.14. The fraction of sp³-hybridized carbons (Fsp3) is 0.619. The maximum atomic E-state index is 13.4. The van der Waals surface area contributed by atoms with Gasteiger partial charge in [0.1, 0.15) is 12.0 Å². The minimum absolute atomic E-state index is 0.222. The van der Waals surface area contributed by atoms with Crippen LogP contribution in [0.15, 0.2) is 35.8 Å². The van der Waals surface area contributed by atoms with E-state index >= 15 is 0 Å². The van der Waals surface area contributed by atoms with Crippen LogP contribution in [-0.2, 0) is 13.0 Å². The van der Waals surface area contributed by atoms with Crippen molar-refractivity contribution in [2.75, 3.05) is 20.2 Å². The Balaban J connectivity index is 0. The van der Waals surface area contributed by atoms with Crippen molar-refractivity contribution in [3.05, 3.63) is 47.3 Å². The smallest absolute Gasteiger partial charge is 0.128 e. The molecule has 8 heteroatoms.